The predicted molar refractivity (Wildman–Crippen MR) is 223 cm³/mol. The van der Waals surface area contributed by atoms with Gasteiger partial charge in [0, 0.05) is 24.3 Å². The molecular weight excluding hydrogens is 879 g/mol. The van der Waals surface area contributed by atoms with Gasteiger partial charge in [0.25, 0.3) is 11.5 Å². The second-order valence-corrected chi connectivity index (χ2v) is 18.3. The normalized spacial score (nSPS) is 22.5. The van der Waals surface area contributed by atoms with Crippen LogP contribution in [-0.2, 0) is 48.7 Å². The van der Waals surface area contributed by atoms with Gasteiger partial charge >= 0.3 is 13.9 Å². The molecule has 2 saturated heterocycles. The lowest BCUT2D eigenvalue weighted by molar-refractivity contribution is -0.118. The van der Waals surface area contributed by atoms with Crippen molar-refractivity contribution in [1.82, 2.24) is 45.2 Å². The standard InChI is InChI=1S/C34H37N11O11P2S2.H3N/c1-18(2)30(47)42-34-41-29-26(32(49)43-34)39-17-45(29)33-22(55-57(50)59)11-20(53-33)14-52-58(60,51-10-6-9-35)56-21-12-24(54-23(21)13-46)44-16-38-25-27(36-15-37-28(25)44)40-31(48)19-7-4-3-5-8-19;/h3-5,7-8,15-18,20-24,33,46H,6,10-14H2,1-2H3,(H3-,36,37,40,41,42,43,47,48,49,50,59);1H3/p+1/t20-,21-,22+,23+,24+,33+,58?;/m0./s1. The Bertz CT molecular complexity index is 2540. The monoisotopic (exact) mass is 919 g/mol. The average molecular weight is 920 g/mol. The van der Waals surface area contributed by atoms with Crippen LogP contribution in [0.1, 0.15) is 55.9 Å². The molecule has 23 nitrogen and oxygen atoms in total. The highest BCUT2D eigenvalue weighted by molar-refractivity contribution is 8.39. The van der Waals surface area contributed by atoms with Gasteiger partial charge in [0.15, 0.2) is 40.5 Å². The lowest BCUT2D eigenvalue weighted by Gasteiger charge is -2.27. The van der Waals surface area contributed by atoms with Gasteiger partial charge in [-0.3, -0.25) is 33.8 Å². The van der Waals surface area contributed by atoms with Gasteiger partial charge in [-0.2, -0.15) is 10.2 Å². The van der Waals surface area contributed by atoms with E-state index in [1.807, 2.05) is 6.07 Å². The third kappa shape index (κ3) is 10.5. The van der Waals surface area contributed by atoms with Crippen molar-refractivity contribution in [3.63, 3.8) is 0 Å². The van der Waals surface area contributed by atoms with Crippen LogP contribution in [0.3, 0.4) is 0 Å². The van der Waals surface area contributed by atoms with Crippen LogP contribution in [0.2, 0.25) is 0 Å². The van der Waals surface area contributed by atoms with Crippen molar-refractivity contribution in [1.29, 1.82) is 5.26 Å². The van der Waals surface area contributed by atoms with E-state index in [0.29, 0.717) is 16.7 Å². The van der Waals surface area contributed by atoms with E-state index >= 15 is 0 Å². The third-order valence-electron chi connectivity index (χ3n) is 9.29. The Morgan fingerprint density at radius 2 is 1.84 bits per heavy atom. The van der Waals surface area contributed by atoms with E-state index in [4.69, 9.17) is 39.4 Å². The number of aliphatic hydroxyl groups is 1. The lowest BCUT2D eigenvalue weighted by Crippen LogP contribution is -2.28. The number of rotatable bonds is 17. The molecule has 2 fully saturated rings. The van der Waals surface area contributed by atoms with Crippen LogP contribution in [0.5, 0.6) is 0 Å². The van der Waals surface area contributed by atoms with Gasteiger partial charge in [0.05, 0.1) is 57.2 Å². The number of aliphatic hydroxyl groups excluding tert-OH is 1. The second kappa shape index (κ2) is 20.0. The first-order valence-electron chi connectivity index (χ1n) is 18.4. The molecule has 8 atom stereocenters. The Hall–Kier alpha value is -4.67. The Kier molecular flexibility index (Phi) is 15.0. The fourth-order valence-electron chi connectivity index (χ4n) is 6.42. The van der Waals surface area contributed by atoms with E-state index in [1.165, 1.54) is 23.5 Å². The van der Waals surface area contributed by atoms with E-state index in [0.717, 1.165) is 0 Å². The number of benzene rings is 1. The summed E-state index contributed by atoms with van der Waals surface area (Å²) >= 11 is 9.76. The second-order valence-electron chi connectivity index (χ2n) is 13.7. The summed E-state index contributed by atoms with van der Waals surface area (Å²) in [6.45, 7) is -1.20. The number of aromatic nitrogens is 8. The summed E-state index contributed by atoms with van der Waals surface area (Å²) in [6.07, 6.45) is -1.05. The van der Waals surface area contributed by atoms with Crippen LogP contribution >= 0.6 is 26.2 Å². The van der Waals surface area contributed by atoms with Gasteiger partial charge in [-0.15, -0.1) is 4.52 Å². The van der Waals surface area contributed by atoms with Crippen molar-refractivity contribution in [2.45, 2.75) is 70.0 Å². The first-order chi connectivity index (χ1) is 28.9. The minimum absolute atomic E-state index is 0. The number of carbonyl (C=O) groups excluding carboxylic acids is 2. The number of imidazole rings is 2. The highest BCUT2D eigenvalue weighted by Crippen LogP contribution is 2.54. The highest BCUT2D eigenvalue weighted by atomic mass is 32.7. The molecule has 2 unspecified atom stereocenters. The lowest BCUT2D eigenvalue weighted by atomic mass is 10.2. The van der Waals surface area contributed by atoms with Crippen molar-refractivity contribution in [2.24, 2.45) is 5.92 Å². The third-order valence-corrected chi connectivity index (χ3v) is 12.4. The van der Waals surface area contributed by atoms with Crippen molar-refractivity contribution >= 4 is 83.9 Å². The molecule has 4 aromatic heterocycles. The summed E-state index contributed by atoms with van der Waals surface area (Å²) in [6, 6.07) is 10.6. The van der Waals surface area contributed by atoms with Gasteiger partial charge in [0.2, 0.25) is 11.9 Å². The molecule has 2 aliphatic heterocycles. The number of hydrogen-bond acceptors (Lipinski definition) is 19. The summed E-state index contributed by atoms with van der Waals surface area (Å²) in [5.74, 6) is -1.09. The number of nitrogens with one attached hydrogen (secondary N) is 3. The van der Waals surface area contributed by atoms with Crippen LogP contribution in [-0.4, -0.2) is 100 Å². The average Bonchev–Trinajstić information content (AvgIpc) is 4.03. The van der Waals surface area contributed by atoms with Crippen molar-refractivity contribution in [3.8, 4) is 6.07 Å². The molecule has 1 aromatic carbocycles. The maximum Gasteiger partial charge on any atom is 0.582 e. The van der Waals surface area contributed by atoms with Crippen LogP contribution in [0, 0.1) is 17.2 Å². The Morgan fingerprint density at radius 3 is 2.56 bits per heavy atom. The SMILES string of the molecule is CC(C)C(=O)Nc1nc2c(ncn2[C@@H]2O[C@H](COP(=S)(OCCC#N)O[C@H]3C[C@H](n4cnc5c(NC(=O)c6ccccc6)ncnc54)O[C@@H]3CO)C[C@H]2O[P+](=O)S)c(=O)[nH]1.N. The number of aromatic amines is 1. The summed E-state index contributed by atoms with van der Waals surface area (Å²) in [5, 5.41) is 24.9. The number of nitrogens with zero attached hydrogens (tertiary/aromatic N) is 8. The summed E-state index contributed by atoms with van der Waals surface area (Å²) in [7, 11) is -2.43. The van der Waals surface area contributed by atoms with Gasteiger partial charge in [0.1, 0.15) is 30.9 Å². The fourth-order valence-corrected chi connectivity index (χ4v) is 9.36. The number of hydrogen-bond donors (Lipinski definition) is 6. The van der Waals surface area contributed by atoms with E-state index in [1.54, 1.807) is 48.7 Å². The van der Waals surface area contributed by atoms with E-state index < -0.39 is 68.9 Å². The fraction of sp³-hybridized carbons (Fsp3) is 0.441. The van der Waals surface area contributed by atoms with Crippen LogP contribution in [0.4, 0.5) is 11.8 Å². The summed E-state index contributed by atoms with van der Waals surface area (Å²) in [5.41, 5.74) is 0.449. The zero-order valence-corrected chi connectivity index (χ0v) is 36.0. The van der Waals surface area contributed by atoms with E-state index in [9.17, 15) is 29.3 Å². The molecule has 0 bridgehead atoms. The number of carbonyl (C=O) groups is 2. The summed E-state index contributed by atoms with van der Waals surface area (Å²) < 4.78 is 51.7. The first-order valence-corrected chi connectivity index (χ1v) is 23.3. The number of anilines is 2. The maximum atomic E-state index is 12.9. The van der Waals surface area contributed by atoms with E-state index in [-0.39, 0.29) is 73.4 Å². The van der Waals surface area contributed by atoms with Gasteiger partial charge in [-0.05, 0) is 28.5 Å². The molecule has 7 N–H and O–H groups in total. The Balaban J connectivity index is 0.00000622. The van der Waals surface area contributed by atoms with Gasteiger partial charge < -0.3 is 39.6 Å². The van der Waals surface area contributed by atoms with Gasteiger partial charge in [-0.25, -0.2) is 19.9 Å². The number of ether oxygens (including phenoxy) is 2. The zero-order valence-electron chi connectivity index (χ0n) is 32.5. The minimum Gasteiger partial charge on any atom is -0.394 e. The minimum atomic E-state index is -3.72. The van der Waals surface area contributed by atoms with Crippen LogP contribution < -0.4 is 22.3 Å². The van der Waals surface area contributed by atoms with E-state index in [2.05, 4.69) is 52.8 Å². The molecule has 0 saturated carbocycles. The van der Waals surface area contributed by atoms with Crippen LogP contribution in [0.15, 0.2) is 54.1 Å². The smallest absolute Gasteiger partial charge is 0.394 e. The van der Waals surface area contributed by atoms with Crippen molar-refractivity contribution in [2.75, 3.05) is 30.5 Å². The molecule has 324 valence electrons. The van der Waals surface area contributed by atoms with Gasteiger partial charge in [-0.1, -0.05) is 32.0 Å². The Labute approximate surface area is 357 Å². The van der Waals surface area contributed by atoms with Crippen LogP contribution in [0.25, 0.3) is 22.3 Å². The molecule has 0 aliphatic carbocycles. The molecule has 7 rings (SSSR count). The van der Waals surface area contributed by atoms with Crippen molar-refractivity contribution < 1.29 is 46.8 Å². The molecule has 27 heteroatoms. The number of H-pyrrole nitrogens is 1. The maximum absolute atomic E-state index is 12.9. The summed E-state index contributed by atoms with van der Waals surface area (Å²) in [4.78, 5) is 62.1. The largest absolute Gasteiger partial charge is 0.582 e. The molecule has 61 heavy (non-hydrogen) atoms. The number of amides is 2. The molecule has 0 radical (unpaired) electrons. The molecular formula is C34H41N12O11P2S2+. The zero-order chi connectivity index (χ0) is 42.6. The predicted octanol–water partition coefficient (Wildman–Crippen LogP) is 4.06. The van der Waals surface area contributed by atoms with Crippen molar-refractivity contribution in [3.05, 3.63) is 65.2 Å². The molecule has 2 amide bonds. The Morgan fingerprint density at radius 1 is 1.08 bits per heavy atom. The molecule has 6 heterocycles. The number of nitriles is 1. The number of fused-ring (bicyclic) bond motifs is 2. The topological polar surface area (TPSA) is 317 Å². The molecule has 0 spiro atoms. The molecule has 2 aliphatic rings. The highest BCUT2D eigenvalue weighted by Gasteiger charge is 2.45. The quantitative estimate of drug-likeness (QED) is 0.0435. The molecule has 5 aromatic rings. The number of thiol groups is 1. The first kappa shape index (κ1) is 45.8.